The van der Waals surface area contributed by atoms with Crippen molar-refractivity contribution in [1.29, 1.82) is 0 Å². The van der Waals surface area contributed by atoms with Crippen LogP contribution in [0.3, 0.4) is 0 Å². The van der Waals surface area contributed by atoms with Gasteiger partial charge in [-0.25, -0.2) is 4.98 Å². The quantitative estimate of drug-likeness (QED) is 0.202. The zero-order valence-electron chi connectivity index (χ0n) is 15.8. The lowest BCUT2D eigenvalue weighted by Gasteiger charge is -2.21. The fourth-order valence-electron chi connectivity index (χ4n) is 2.74. The molecule has 0 aliphatic heterocycles. The molecule has 1 aromatic carbocycles. The lowest BCUT2D eigenvalue weighted by atomic mass is 10.2. The smallest absolute Gasteiger partial charge is 0.193 e. The number of benzene rings is 1. The summed E-state index contributed by atoms with van der Waals surface area (Å²) in [5, 5.41) is 3.42. The summed E-state index contributed by atoms with van der Waals surface area (Å²) in [6, 6.07) is 10.5. The van der Waals surface area contributed by atoms with E-state index in [1.54, 1.807) is 0 Å². The minimum Gasteiger partial charge on any atom is -0.356 e. The molecule has 0 unspecified atom stereocenters. The van der Waals surface area contributed by atoms with Gasteiger partial charge in [0.2, 0.25) is 0 Å². The van der Waals surface area contributed by atoms with Crippen LogP contribution in [0.4, 0.5) is 0 Å². The van der Waals surface area contributed by atoms with Crippen LogP contribution in [0, 0.1) is 0 Å². The highest BCUT2D eigenvalue weighted by Gasteiger charge is 2.07. The molecule has 26 heavy (non-hydrogen) atoms. The van der Waals surface area contributed by atoms with Crippen molar-refractivity contribution in [2.75, 3.05) is 27.2 Å². The molecule has 0 bridgehead atoms. The number of hydrogen-bond acceptors (Lipinski definition) is 2. The molecule has 0 saturated carbocycles. The maximum absolute atomic E-state index is 4.50. The molecule has 0 aliphatic rings. The second-order valence-corrected chi connectivity index (χ2v) is 6.03. The Morgan fingerprint density at radius 1 is 1.35 bits per heavy atom. The number of hydrogen-bond donors (Lipinski definition) is 1. The van der Waals surface area contributed by atoms with Gasteiger partial charge >= 0.3 is 0 Å². The topological polar surface area (TPSA) is 45.4 Å². The number of nitrogens with zero attached hydrogens (tertiary/aromatic N) is 4. The molecule has 5 nitrogen and oxygen atoms in total. The summed E-state index contributed by atoms with van der Waals surface area (Å²) in [6.45, 7) is 6.40. The van der Waals surface area contributed by atoms with Gasteiger partial charge in [0, 0.05) is 52.5 Å². The van der Waals surface area contributed by atoms with Gasteiger partial charge in [-0.3, -0.25) is 4.99 Å². The number of rotatable bonds is 9. The summed E-state index contributed by atoms with van der Waals surface area (Å²) in [7, 11) is 3.89. The van der Waals surface area contributed by atoms with Crippen LogP contribution in [0.2, 0.25) is 0 Å². The predicted octanol–water partition coefficient (Wildman–Crippen LogP) is 3.57. The van der Waals surface area contributed by atoms with Crippen molar-refractivity contribution >= 4 is 29.9 Å². The number of guanidine groups is 1. The van der Waals surface area contributed by atoms with E-state index in [1.165, 1.54) is 5.56 Å². The maximum atomic E-state index is 4.50. The Labute approximate surface area is 174 Å². The van der Waals surface area contributed by atoms with Crippen LogP contribution in [0.25, 0.3) is 0 Å². The van der Waals surface area contributed by atoms with Gasteiger partial charge in [0.25, 0.3) is 0 Å². The first-order chi connectivity index (χ1) is 12.2. The summed E-state index contributed by atoms with van der Waals surface area (Å²) in [5.41, 5.74) is 1.28. The number of imidazole rings is 1. The molecule has 0 atom stereocenters. The van der Waals surface area contributed by atoms with Crippen molar-refractivity contribution < 1.29 is 0 Å². The number of allylic oxidation sites excluding steroid dienone is 1. The maximum Gasteiger partial charge on any atom is 0.193 e. The average molecular weight is 467 g/mol. The first-order valence-electron chi connectivity index (χ1n) is 8.81. The van der Waals surface area contributed by atoms with Crippen LogP contribution in [0.5, 0.6) is 0 Å². The predicted molar refractivity (Wildman–Crippen MR) is 120 cm³/mol. The Bertz CT molecular complexity index is 666. The van der Waals surface area contributed by atoms with Crippen molar-refractivity contribution in [2.45, 2.75) is 25.8 Å². The van der Waals surface area contributed by atoms with Gasteiger partial charge in [0.05, 0.1) is 0 Å². The Kier molecular flexibility index (Phi) is 10.7. The van der Waals surface area contributed by atoms with Crippen molar-refractivity contribution in [3.8, 4) is 0 Å². The lowest BCUT2D eigenvalue weighted by molar-refractivity contribution is 0.469. The molecule has 6 heteroatoms. The van der Waals surface area contributed by atoms with Gasteiger partial charge in [-0.05, 0) is 18.4 Å². The van der Waals surface area contributed by atoms with Crippen LogP contribution in [0.15, 0.2) is 60.4 Å². The summed E-state index contributed by atoms with van der Waals surface area (Å²) in [6.07, 6.45) is 8.84. The normalized spacial score (nSPS) is 10.9. The number of aliphatic imine (C=N–C) groups is 1. The first-order valence-corrected chi connectivity index (χ1v) is 8.81. The molecule has 0 amide bonds. The van der Waals surface area contributed by atoms with Crippen LogP contribution in [0.1, 0.15) is 24.2 Å². The molecule has 1 N–H and O–H groups in total. The van der Waals surface area contributed by atoms with Crippen LogP contribution in [-0.2, 0) is 13.0 Å². The summed E-state index contributed by atoms with van der Waals surface area (Å²) < 4.78 is 2.20. The Morgan fingerprint density at radius 2 is 2.12 bits per heavy atom. The molecule has 0 radical (unpaired) electrons. The molecule has 2 aromatic rings. The van der Waals surface area contributed by atoms with Gasteiger partial charge in [-0.15, -0.1) is 30.6 Å². The van der Waals surface area contributed by atoms with E-state index in [0.717, 1.165) is 50.7 Å². The second kappa shape index (κ2) is 12.5. The molecule has 0 saturated heterocycles. The average Bonchev–Trinajstić information content (AvgIpc) is 3.06. The van der Waals surface area contributed by atoms with Crippen molar-refractivity contribution in [3.63, 3.8) is 0 Å². The molecule has 1 aromatic heterocycles. The molecule has 0 spiro atoms. The van der Waals surface area contributed by atoms with Crippen LogP contribution in [-0.4, -0.2) is 47.6 Å². The molecule has 0 fully saturated rings. The number of halogens is 1. The highest BCUT2D eigenvalue weighted by molar-refractivity contribution is 14.0. The third-order valence-electron chi connectivity index (χ3n) is 4.10. The fraction of sp³-hybridized carbons (Fsp3) is 0.400. The highest BCUT2D eigenvalue weighted by Crippen LogP contribution is 2.06. The van der Waals surface area contributed by atoms with E-state index in [4.69, 9.17) is 0 Å². The monoisotopic (exact) mass is 467 g/mol. The molecule has 1 heterocycles. The van der Waals surface area contributed by atoms with Crippen molar-refractivity contribution in [3.05, 3.63) is 66.8 Å². The third-order valence-corrected chi connectivity index (χ3v) is 4.10. The van der Waals surface area contributed by atoms with E-state index < -0.39 is 0 Å². The Hall–Kier alpha value is -1.83. The number of nitrogens with one attached hydrogen (secondary N) is 1. The third kappa shape index (κ3) is 7.19. The SMILES string of the molecule is C=CCCCN(C)C(=NC)NCCc1nccn1Cc1ccccc1.I. The summed E-state index contributed by atoms with van der Waals surface area (Å²) >= 11 is 0. The van der Waals surface area contributed by atoms with E-state index in [-0.39, 0.29) is 24.0 Å². The first kappa shape index (κ1) is 22.2. The van der Waals surface area contributed by atoms with Gasteiger partial charge < -0.3 is 14.8 Å². The van der Waals surface area contributed by atoms with Crippen LogP contribution >= 0.6 is 24.0 Å². The van der Waals surface area contributed by atoms with Crippen molar-refractivity contribution in [2.24, 2.45) is 4.99 Å². The molecule has 142 valence electrons. The van der Waals surface area contributed by atoms with Crippen LogP contribution < -0.4 is 5.32 Å². The standard InChI is InChI=1S/C20H29N5.HI/c1-4-5-9-15-24(3)20(21-2)23-13-12-19-22-14-16-25(19)17-18-10-7-6-8-11-18;/h4,6-8,10-11,14,16H,1,5,9,12-13,15,17H2,2-3H3,(H,21,23);1H. The van der Waals surface area contributed by atoms with E-state index in [9.17, 15) is 0 Å². The van der Waals surface area contributed by atoms with Gasteiger partial charge in [0.1, 0.15) is 5.82 Å². The van der Waals surface area contributed by atoms with Gasteiger partial charge in [-0.1, -0.05) is 36.4 Å². The van der Waals surface area contributed by atoms with E-state index in [1.807, 2.05) is 31.6 Å². The zero-order valence-corrected chi connectivity index (χ0v) is 18.1. The second-order valence-electron chi connectivity index (χ2n) is 6.03. The van der Waals surface area contributed by atoms with E-state index in [2.05, 4.69) is 62.7 Å². The van der Waals surface area contributed by atoms with Gasteiger partial charge in [-0.2, -0.15) is 0 Å². The molecule has 0 aliphatic carbocycles. The minimum atomic E-state index is 0. The number of unbranched alkanes of at least 4 members (excludes halogenated alkanes) is 1. The molecular formula is C20H30IN5. The fourth-order valence-corrected chi connectivity index (χ4v) is 2.74. The highest BCUT2D eigenvalue weighted by atomic mass is 127. The van der Waals surface area contributed by atoms with E-state index >= 15 is 0 Å². The Morgan fingerprint density at radius 3 is 2.81 bits per heavy atom. The minimum absolute atomic E-state index is 0. The van der Waals surface area contributed by atoms with E-state index in [0.29, 0.717) is 0 Å². The van der Waals surface area contributed by atoms with Crippen molar-refractivity contribution in [1.82, 2.24) is 19.8 Å². The van der Waals surface area contributed by atoms with Gasteiger partial charge in [0.15, 0.2) is 5.96 Å². The number of aromatic nitrogens is 2. The summed E-state index contributed by atoms with van der Waals surface area (Å²) in [5.74, 6) is 2.01. The lowest BCUT2D eigenvalue weighted by Crippen LogP contribution is -2.40. The summed E-state index contributed by atoms with van der Waals surface area (Å²) in [4.78, 5) is 11.0. The Balaban J connectivity index is 0.00000338. The molecular weight excluding hydrogens is 437 g/mol. The molecule has 2 rings (SSSR count). The zero-order chi connectivity index (χ0) is 17.9. The largest absolute Gasteiger partial charge is 0.356 e.